The van der Waals surface area contributed by atoms with E-state index < -0.39 is 11.4 Å². The van der Waals surface area contributed by atoms with Crippen LogP contribution in [0.3, 0.4) is 0 Å². The molecule has 1 atom stereocenters. The van der Waals surface area contributed by atoms with Crippen LogP contribution in [0.5, 0.6) is 5.75 Å². The van der Waals surface area contributed by atoms with Crippen molar-refractivity contribution in [1.29, 1.82) is 0 Å². The molecule has 0 heterocycles. The van der Waals surface area contributed by atoms with Gasteiger partial charge in [-0.2, -0.15) is 4.21 Å². The first-order chi connectivity index (χ1) is 5.58. The third-order valence-corrected chi connectivity index (χ3v) is 1.70. The molecule has 0 fully saturated rings. The van der Waals surface area contributed by atoms with Crippen LogP contribution in [0.4, 0.5) is 0 Å². The van der Waals surface area contributed by atoms with Gasteiger partial charge >= 0.3 is 11.4 Å². The summed E-state index contributed by atoms with van der Waals surface area (Å²) in [4.78, 5) is 0. The van der Waals surface area contributed by atoms with Crippen LogP contribution in [0.15, 0.2) is 18.2 Å². The standard InChI is InChI=1S/C8H10O3S/c1-6-3-7(2)5-8(4-6)11-12(9)10/h3-5H,1-2H3,(H,9,10). The van der Waals surface area contributed by atoms with E-state index in [1.54, 1.807) is 12.1 Å². The lowest BCUT2D eigenvalue weighted by Gasteiger charge is -2.02. The van der Waals surface area contributed by atoms with Gasteiger partial charge in [-0.05, 0) is 37.1 Å². The number of benzene rings is 1. The van der Waals surface area contributed by atoms with Crippen LogP contribution < -0.4 is 4.18 Å². The average Bonchev–Trinajstić information content (AvgIpc) is 1.81. The normalized spacial score (nSPS) is 12.6. The molecule has 66 valence electrons. The zero-order chi connectivity index (χ0) is 9.14. The van der Waals surface area contributed by atoms with Crippen molar-refractivity contribution >= 4 is 11.4 Å². The summed E-state index contributed by atoms with van der Waals surface area (Å²) in [5, 5.41) is 0. The van der Waals surface area contributed by atoms with Crippen LogP contribution in [-0.4, -0.2) is 8.76 Å². The van der Waals surface area contributed by atoms with Gasteiger partial charge in [-0.15, -0.1) is 0 Å². The van der Waals surface area contributed by atoms with Crippen LogP contribution >= 0.6 is 0 Å². The molecule has 0 saturated carbocycles. The largest absolute Gasteiger partial charge is 0.380 e. The first-order valence-corrected chi connectivity index (χ1v) is 4.48. The van der Waals surface area contributed by atoms with Crippen molar-refractivity contribution in [3.8, 4) is 5.75 Å². The van der Waals surface area contributed by atoms with E-state index in [4.69, 9.17) is 4.55 Å². The summed E-state index contributed by atoms with van der Waals surface area (Å²) in [6.45, 7) is 3.81. The predicted molar refractivity (Wildman–Crippen MR) is 47.3 cm³/mol. The van der Waals surface area contributed by atoms with Gasteiger partial charge in [0.1, 0.15) is 5.75 Å². The fourth-order valence-corrected chi connectivity index (χ4v) is 1.32. The summed E-state index contributed by atoms with van der Waals surface area (Å²) in [7, 11) is 0. The Bertz CT molecular complexity index is 289. The van der Waals surface area contributed by atoms with E-state index in [2.05, 4.69) is 4.18 Å². The van der Waals surface area contributed by atoms with Gasteiger partial charge in [-0.3, -0.25) is 4.55 Å². The average molecular weight is 186 g/mol. The summed E-state index contributed by atoms with van der Waals surface area (Å²) in [6, 6.07) is 5.38. The van der Waals surface area contributed by atoms with Gasteiger partial charge in [-0.25, -0.2) is 0 Å². The Hall–Kier alpha value is -0.870. The number of aryl methyl sites for hydroxylation is 2. The molecular weight excluding hydrogens is 176 g/mol. The lowest BCUT2D eigenvalue weighted by Crippen LogP contribution is -1.97. The van der Waals surface area contributed by atoms with Crippen molar-refractivity contribution in [3.63, 3.8) is 0 Å². The molecule has 0 aliphatic rings. The minimum absolute atomic E-state index is 0.424. The quantitative estimate of drug-likeness (QED) is 0.716. The van der Waals surface area contributed by atoms with E-state index in [1.807, 2.05) is 19.9 Å². The number of hydrogen-bond acceptors (Lipinski definition) is 2. The molecule has 0 spiro atoms. The minimum atomic E-state index is -2.23. The second-order valence-electron chi connectivity index (χ2n) is 2.62. The van der Waals surface area contributed by atoms with E-state index in [-0.39, 0.29) is 0 Å². The Morgan fingerprint density at radius 3 is 2.17 bits per heavy atom. The van der Waals surface area contributed by atoms with Gasteiger partial charge in [0.15, 0.2) is 0 Å². The van der Waals surface area contributed by atoms with E-state index in [9.17, 15) is 4.21 Å². The molecule has 0 bridgehead atoms. The highest BCUT2D eigenvalue weighted by Gasteiger charge is 1.99. The maximum absolute atomic E-state index is 10.3. The molecule has 12 heavy (non-hydrogen) atoms. The molecule has 4 heteroatoms. The third-order valence-electron chi connectivity index (χ3n) is 1.36. The molecule has 0 saturated heterocycles. The molecule has 1 aromatic carbocycles. The zero-order valence-electron chi connectivity index (χ0n) is 6.90. The Balaban J connectivity index is 2.93. The van der Waals surface area contributed by atoms with Crippen LogP contribution in [-0.2, 0) is 11.4 Å². The molecule has 0 aliphatic carbocycles. The van der Waals surface area contributed by atoms with E-state index in [0.29, 0.717) is 5.75 Å². The van der Waals surface area contributed by atoms with Gasteiger partial charge < -0.3 is 4.18 Å². The molecule has 0 radical (unpaired) electrons. The van der Waals surface area contributed by atoms with Crippen LogP contribution in [0, 0.1) is 13.8 Å². The third kappa shape index (κ3) is 2.64. The topological polar surface area (TPSA) is 46.5 Å². The fraction of sp³-hybridized carbons (Fsp3) is 0.250. The van der Waals surface area contributed by atoms with E-state index in [0.717, 1.165) is 11.1 Å². The summed E-state index contributed by atoms with van der Waals surface area (Å²) in [6.07, 6.45) is 0. The van der Waals surface area contributed by atoms with Gasteiger partial charge in [0.2, 0.25) is 0 Å². The molecule has 1 rings (SSSR count). The summed E-state index contributed by atoms with van der Waals surface area (Å²) in [5.41, 5.74) is 2.02. The maximum Gasteiger partial charge on any atom is 0.357 e. The Labute approximate surface area is 73.9 Å². The first-order valence-electron chi connectivity index (χ1n) is 3.45. The van der Waals surface area contributed by atoms with Crippen molar-refractivity contribution in [2.45, 2.75) is 13.8 Å². The molecular formula is C8H10O3S. The SMILES string of the molecule is Cc1cc(C)cc(OS(=O)O)c1. The molecule has 3 nitrogen and oxygen atoms in total. The van der Waals surface area contributed by atoms with Crippen LogP contribution in [0.1, 0.15) is 11.1 Å². The van der Waals surface area contributed by atoms with Crippen molar-refractivity contribution < 1.29 is 12.9 Å². The van der Waals surface area contributed by atoms with Gasteiger partial charge in [0.25, 0.3) is 0 Å². The predicted octanol–water partition coefficient (Wildman–Crippen LogP) is 1.82. The zero-order valence-corrected chi connectivity index (χ0v) is 7.72. The second-order valence-corrected chi connectivity index (χ2v) is 3.22. The Morgan fingerprint density at radius 1 is 1.25 bits per heavy atom. The smallest absolute Gasteiger partial charge is 0.357 e. The molecule has 1 N–H and O–H groups in total. The molecule has 1 aromatic rings. The van der Waals surface area contributed by atoms with E-state index in [1.165, 1.54) is 0 Å². The summed E-state index contributed by atoms with van der Waals surface area (Å²) >= 11 is -2.23. The minimum Gasteiger partial charge on any atom is -0.380 e. The highest BCUT2D eigenvalue weighted by atomic mass is 32.2. The summed E-state index contributed by atoms with van der Waals surface area (Å²) in [5.74, 6) is 0.424. The summed E-state index contributed by atoms with van der Waals surface area (Å²) < 4.78 is 23.3. The molecule has 0 aliphatic heterocycles. The number of rotatable bonds is 2. The second kappa shape index (κ2) is 3.69. The van der Waals surface area contributed by atoms with Crippen molar-refractivity contribution in [1.82, 2.24) is 0 Å². The first kappa shape index (κ1) is 9.22. The Morgan fingerprint density at radius 2 is 1.75 bits per heavy atom. The van der Waals surface area contributed by atoms with Gasteiger partial charge in [0, 0.05) is 0 Å². The highest BCUT2D eigenvalue weighted by Crippen LogP contribution is 2.16. The maximum atomic E-state index is 10.3. The van der Waals surface area contributed by atoms with Gasteiger partial charge in [0.05, 0.1) is 0 Å². The van der Waals surface area contributed by atoms with Crippen LogP contribution in [0.25, 0.3) is 0 Å². The van der Waals surface area contributed by atoms with Crippen molar-refractivity contribution in [2.24, 2.45) is 0 Å². The van der Waals surface area contributed by atoms with Crippen molar-refractivity contribution in [3.05, 3.63) is 29.3 Å². The highest BCUT2D eigenvalue weighted by molar-refractivity contribution is 7.74. The van der Waals surface area contributed by atoms with Crippen LogP contribution in [0.2, 0.25) is 0 Å². The van der Waals surface area contributed by atoms with E-state index >= 15 is 0 Å². The molecule has 0 amide bonds. The van der Waals surface area contributed by atoms with Crippen molar-refractivity contribution in [2.75, 3.05) is 0 Å². The Kier molecular flexibility index (Phi) is 2.83. The fourth-order valence-electron chi connectivity index (χ4n) is 1.06. The lowest BCUT2D eigenvalue weighted by atomic mass is 10.1. The number of hydrogen-bond donors (Lipinski definition) is 1. The van der Waals surface area contributed by atoms with Gasteiger partial charge in [-0.1, -0.05) is 6.07 Å². The molecule has 0 aromatic heterocycles. The molecule has 1 unspecified atom stereocenters. The monoisotopic (exact) mass is 186 g/mol. The lowest BCUT2D eigenvalue weighted by molar-refractivity contribution is 0.457.